The summed E-state index contributed by atoms with van der Waals surface area (Å²) in [5, 5.41) is 14.1. The molecule has 1 aromatic carbocycles. The van der Waals surface area contributed by atoms with Gasteiger partial charge in [0, 0.05) is 24.7 Å². The molecule has 0 unspecified atom stereocenters. The van der Waals surface area contributed by atoms with E-state index in [0.29, 0.717) is 11.5 Å². The van der Waals surface area contributed by atoms with Crippen molar-refractivity contribution in [3.63, 3.8) is 0 Å². The van der Waals surface area contributed by atoms with Crippen molar-refractivity contribution in [3.8, 4) is 0 Å². The van der Waals surface area contributed by atoms with Crippen LogP contribution in [0.2, 0.25) is 0 Å². The molecule has 0 saturated heterocycles. The first-order valence-electron chi connectivity index (χ1n) is 6.93. The van der Waals surface area contributed by atoms with Crippen molar-refractivity contribution in [2.75, 3.05) is 0 Å². The number of non-ortho nitro benzene ring substituents is 1. The predicted molar refractivity (Wildman–Crippen MR) is 76.0 cm³/mol. The first-order valence-corrected chi connectivity index (χ1v) is 6.93. The standard InChI is InChI=1S/C15H22N2O2/c1-15(2)9-7-13(8-10-15)16-11-12-3-5-14(6-4-12)17(18)19/h3-6,13,16H,7-11H2,1-2H3. The maximum atomic E-state index is 10.6. The van der Waals surface area contributed by atoms with Gasteiger partial charge in [-0.2, -0.15) is 0 Å². The van der Waals surface area contributed by atoms with Crippen molar-refractivity contribution < 1.29 is 4.92 Å². The molecule has 1 saturated carbocycles. The van der Waals surface area contributed by atoms with Crippen LogP contribution in [0.15, 0.2) is 24.3 Å². The van der Waals surface area contributed by atoms with E-state index >= 15 is 0 Å². The summed E-state index contributed by atoms with van der Waals surface area (Å²) in [5.74, 6) is 0. The highest BCUT2D eigenvalue weighted by Gasteiger charge is 2.26. The quantitative estimate of drug-likeness (QED) is 0.665. The van der Waals surface area contributed by atoms with E-state index in [9.17, 15) is 10.1 Å². The number of nitro benzene ring substituents is 1. The lowest BCUT2D eigenvalue weighted by atomic mass is 9.75. The van der Waals surface area contributed by atoms with Crippen LogP contribution in [0, 0.1) is 15.5 Å². The van der Waals surface area contributed by atoms with Crippen LogP contribution in [0.5, 0.6) is 0 Å². The molecule has 0 amide bonds. The van der Waals surface area contributed by atoms with Gasteiger partial charge in [0.1, 0.15) is 0 Å². The molecule has 1 aromatic rings. The molecular weight excluding hydrogens is 240 g/mol. The van der Waals surface area contributed by atoms with Crippen molar-refractivity contribution in [2.45, 2.75) is 52.1 Å². The molecule has 1 fully saturated rings. The fourth-order valence-electron chi connectivity index (χ4n) is 2.60. The highest BCUT2D eigenvalue weighted by Crippen LogP contribution is 2.35. The predicted octanol–water partition coefficient (Wildman–Crippen LogP) is 3.65. The molecule has 1 N–H and O–H groups in total. The second-order valence-electron chi connectivity index (χ2n) is 6.24. The molecule has 104 valence electrons. The largest absolute Gasteiger partial charge is 0.310 e. The zero-order chi connectivity index (χ0) is 13.9. The molecule has 0 aromatic heterocycles. The van der Waals surface area contributed by atoms with Crippen LogP contribution in [0.4, 0.5) is 5.69 Å². The number of nitrogens with zero attached hydrogens (tertiary/aromatic N) is 1. The SMILES string of the molecule is CC1(C)CCC(NCc2ccc([N+](=O)[O-])cc2)CC1. The van der Waals surface area contributed by atoms with Gasteiger partial charge in [0.05, 0.1) is 4.92 Å². The van der Waals surface area contributed by atoms with Crippen LogP contribution >= 0.6 is 0 Å². The molecule has 4 nitrogen and oxygen atoms in total. The lowest BCUT2D eigenvalue weighted by molar-refractivity contribution is -0.384. The van der Waals surface area contributed by atoms with Crippen LogP contribution < -0.4 is 5.32 Å². The molecule has 0 aliphatic heterocycles. The van der Waals surface area contributed by atoms with Crippen molar-refractivity contribution in [1.82, 2.24) is 5.32 Å². The van der Waals surface area contributed by atoms with Gasteiger partial charge in [-0.1, -0.05) is 26.0 Å². The van der Waals surface area contributed by atoms with Crippen LogP contribution in [0.3, 0.4) is 0 Å². The average molecular weight is 262 g/mol. The number of hydrogen-bond donors (Lipinski definition) is 1. The summed E-state index contributed by atoms with van der Waals surface area (Å²) in [6.45, 7) is 5.46. The average Bonchev–Trinajstić information content (AvgIpc) is 2.38. The third kappa shape index (κ3) is 4.03. The van der Waals surface area contributed by atoms with Gasteiger partial charge in [0.25, 0.3) is 5.69 Å². The minimum Gasteiger partial charge on any atom is -0.310 e. The van der Waals surface area contributed by atoms with E-state index in [1.807, 2.05) is 12.1 Å². The molecule has 0 bridgehead atoms. The first kappa shape index (κ1) is 14.0. The van der Waals surface area contributed by atoms with Crippen molar-refractivity contribution >= 4 is 5.69 Å². The van der Waals surface area contributed by atoms with Gasteiger partial charge in [0.15, 0.2) is 0 Å². The lowest BCUT2D eigenvalue weighted by Crippen LogP contribution is -2.35. The van der Waals surface area contributed by atoms with E-state index in [1.165, 1.54) is 25.7 Å². The zero-order valence-electron chi connectivity index (χ0n) is 11.7. The second kappa shape index (κ2) is 5.70. The lowest BCUT2D eigenvalue weighted by Gasteiger charge is -2.34. The Morgan fingerprint density at radius 1 is 1.26 bits per heavy atom. The number of hydrogen-bond acceptors (Lipinski definition) is 3. The summed E-state index contributed by atoms with van der Waals surface area (Å²) in [4.78, 5) is 10.2. The zero-order valence-corrected chi connectivity index (χ0v) is 11.7. The van der Waals surface area contributed by atoms with E-state index in [4.69, 9.17) is 0 Å². The number of benzene rings is 1. The first-order chi connectivity index (χ1) is 8.96. The van der Waals surface area contributed by atoms with Crippen molar-refractivity contribution in [1.29, 1.82) is 0 Å². The molecule has 19 heavy (non-hydrogen) atoms. The molecule has 0 spiro atoms. The number of rotatable bonds is 4. The van der Waals surface area contributed by atoms with E-state index in [2.05, 4.69) is 19.2 Å². The fourth-order valence-corrected chi connectivity index (χ4v) is 2.60. The van der Waals surface area contributed by atoms with Gasteiger partial charge in [-0.15, -0.1) is 0 Å². The summed E-state index contributed by atoms with van der Waals surface area (Å²) in [6.07, 6.45) is 4.98. The van der Waals surface area contributed by atoms with Gasteiger partial charge in [-0.25, -0.2) is 0 Å². The Labute approximate surface area is 114 Å². The summed E-state index contributed by atoms with van der Waals surface area (Å²) < 4.78 is 0. The highest BCUT2D eigenvalue weighted by atomic mass is 16.6. The molecule has 2 rings (SSSR count). The Bertz CT molecular complexity index is 430. The topological polar surface area (TPSA) is 55.2 Å². The Morgan fingerprint density at radius 2 is 1.84 bits per heavy atom. The van der Waals surface area contributed by atoms with Gasteiger partial charge < -0.3 is 5.32 Å². The summed E-state index contributed by atoms with van der Waals surface area (Å²) >= 11 is 0. The Balaban J connectivity index is 1.81. The smallest absolute Gasteiger partial charge is 0.269 e. The monoisotopic (exact) mass is 262 g/mol. The number of nitro groups is 1. The third-order valence-corrected chi connectivity index (χ3v) is 4.08. The summed E-state index contributed by atoms with van der Waals surface area (Å²) in [5.41, 5.74) is 1.75. The molecule has 0 heterocycles. The van der Waals surface area contributed by atoms with E-state index in [0.717, 1.165) is 12.1 Å². The Hall–Kier alpha value is -1.42. The minimum absolute atomic E-state index is 0.156. The minimum atomic E-state index is -0.361. The van der Waals surface area contributed by atoms with E-state index < -0.39 is 0 Å². The molecule has 1 aliphatic rings. The van der Waals surface area contributed by atoms with Crippen molar-refractivity contribution in [2.24, 2.45) is 5.41 Å². The molecular formula is C15H22N2O2. The van der Waals surface area contributed by atoms with E-state index in [-0.39, 0.29) is 10.6 Å². The fraction of sp³-hybridized carbons (Fsp3) is 0.600. The highest BCUT2D eigenvalue weighted by molar-refractivity contribution is 5.32. The van der Waals surface area contributed by atoms with Crippen LogP contribution in [-0.4, -0.2) is 11.0 Å². The maximum Gasteiger partial charge on any atom is 0.269 e. The van der Waals surface area contributed by atoms with Crippen LogP contribution in [0.25, 0.3) is 0 Å². The molecule has 4 heteroatoms. The normalized spacial score (nSPS) is 19.3. The number of nitrogens with one attached hydrogen (secondary N) is 1. The third-order valence-electron chi connectivity index (χ3n) is 4.08. The molecule has 0 radical (unpaired) electrons. The molecule has 1 aliphatic carbocycles. The van der Waals surface area contributed by atoms with Gasteiger partial charge in [0.2, 0.25) is 0 Å². The van der Waals surface area contributed by atoms with E-state index in [1.54, 1.807) is 12.1 Å². The summed E-state index contributed by atoms with van der Waals surface area (Å²) in [6, 6.07) is 7.39. The van der Waals surface area contributed by atoms with Crippen molar-refractivity contribution in [3.05, 3.63) is 39.9 Å². The van der Waals surface area contributed by atoms with Gasteiger partial charge in [-0.3, -0.25) is 10.1 Å². The maximum absolute atomic E-state index is 10.6. The van der Waals surface area contributed by atoms with Gasteiger partial charge in [-0.05, 0) is 36.7 Å². The molecule has 0 atom stereocenters. The Kier molecular flexibility index (Phi) is 4.20. The van der Waals surface area contributed by atoms with Gasteiger partial charge >= 0.3 is 0 Å². The van der Waals surface area contributed by atoms with Crippen LogP contribution in [-0.2, 0) is 6.54 Å². The summed E-state index contributed by atoms with van der Waals surface area (Å²) in [7, 11) is 0. The Morgan fingerprint density at radius 3 is 2.37 bits per heavy atom. The second-order valence-corrected chi connectivity index (χ2v) is 6.24. The van der Waals surface area contributed by atoms with Crippen LogP contribution in [0.1, 0.15) is 45.1 Å².